The van der Waals surface area contributed by atoms with Crippen molar-refractivity contribution in [2.24, 2.45) is 0 Å². The zero-order valence-electron chi connectivity index (χ0n) is 17.3. The second kappa shape index (κ2) is 9.36. The molecule has 2 nitrogen and oxygen atoms in total. The molecule has 0 unspecified atom stereocenters. The van der Waals surface area contributed by atoms with Gasteiger partial charge in [-0.3, -0.25) is 9.88 Å². The Bertz CT molecular complexity index is 927. The third kappa shape index (κ3) is 4.63. The average molecular weight is 393 g/mol. The third-order valence-electron chi connectivity index (χ3n) is 5.29. The summed E-state index contributed by atoms with van der Waals surface area (Å²) in [6.07, 6.45) is 2.04. The van der Waals surface area contributed by atoms with Gasteiger partial charge in [-0.05, 0) is 61.2 Å². The summed E-state index contributed by atoms with van der Waals surface area (Å²) in [7, 11) is 2.12. The molecule has 0 bridgehead atoms. The molecular weight excluding hydrogens is 364 g/mol. The maximum Gasteiger partial charge on any atom is 0.0710 e. The monoisotopic (exact) mass is 392 g/mol. The highest BCUT2D eigenvalue weighted by Gasteiger charge is 2.13. The minimum atomic E-state index is 0.819. The summed E-state index contributed by atoms with van der Waals surface area (Å²) in [4.78, 5) is 7.27. The number of aryl methyl sites for hydroxylation is 3. The maximum absolute atomic E-state index is 6.31. The van der Waals surface area contributed by atoms with Crippen LogP contribution in [-0.4, -0.2) is 16.9 Å². The zero-order valence-corrected chi connectivity index (χ0v) is 18.1. The minimum Gasteiger partial charge on any atom is -0.298 e. The molecule has 0 radical (unpaired) electrons. The maximum atomic E-state index is 6.31. The summed E-state index contributed by atoms with van der Waals surface area (Å²) in [5.41, 5.74) is 8.64. The number of halogens is 1. The van der Waals surface area contributed by atoms with Gasteiger partial charge in [-0.15, -0.1) is 0 Å². The van der Waals surface area contributed by atoms with Crippen molar-refractivity contribution in [3.8, 4) is 11.3 Å². The van der Waals surface area contributed by atoms with Crippen molar-refractivity contribution >= 4 is 11.6 Å². The largest absolute Gasteiger partial charge is 0.298 e. The summed E-state index contributed by atoms with van der Waals surface area (Å²) < 4.78 is 0. The van der Waals surface area contributed by atoms with E-state index in [1.807, 2.05) is 18.2 Å². The van der Waals surface area contributed by atoms with E-state index in [-0.39, 0.29) is 0 Å². The summed E-state index contributed by atoms with van der Waals surface area (Å²) in [5.74, 6) is 0. The van der Waals surface area contributed by atoms with Crippen LogP contribution in [0.1, 0.15) is 41.8 Å². The van der Waals surface area contributed by atoms with E-state index in [1.54, 1.807) is 0 Å². The lowest BCUT2D eigenvalue weighted by atomic mass is 9.94. The van der Waals surface area contributed by atoms with Gasteiger partial charge in [0.25, 0.3) is 0 Å². The molecule has 0 aliphatic heterocycles. The number of aromatic nitrogens is 1. The van der Waals surface area contributed by atoms with Gasteiger partial charge >= 0.3 is 0 Å². The number of hydrogen-bond donors (Lipinski definition) is 0. The van der Waals surface area contributed by atoms with Crippen LogP contribution in [0.25, 0.3) is 11.3 Å². The Morgan fingerprint density at radius 1 is 0.786 bits per heavy atom. The van der Waals surface area contributed by atoms with Crippen molar-refractivity contribution in [2.75, 3.05) is 7.05 Å². The van der Waals surface area contributed by atoms with Crippen LogP contribution in [0.15, 0.2) is 54.6 Å². The molecular formula is C25H29ClN2. The third-order valence-corrected chi connectivity index (χ3v) is 5.66. The molecule has 1 aromatic heterocycles. The van der Waals surface area contributed by atoms with Crippen molar-refractivity contribution in [1.29, 1.82) is 0 Å². The fourth-order valence-corrected chi connectivity index (χ4v) is 3.93. The van der Waals surface area contributed by atoms with Crippen LogP contribution in [-0.2, 0) is 25.9 Å². The molecule has 0 spiro atoms. The SMILES string of the molecule is CCc1cccc(CC)c1-c1ccc(CN(C)Cc2ccccc2Cl)c(C)n1. The van der Waals surface area contributed by atoms with Gasteiger partial charge in [0.05, 0.1) is 5.69 Å². The molecule has 3 heteroatoms. The highest BCUT2D eigenvalue weighted by atomic mass is 35.5. The molecule has 0 saturated carbocycles. The second-order valence-electron chi connectivity index (χ2n) is 7.36. The Morgan fingerprint density at radius 2 is 1.39 bits per heavy atom. The predicted molar refractivity (Wildman–Crippen MR) is 120 cm³/mol. The normalized spacial score (nSPS) is 11.2. The van der Waals surface area contributed by atoms with Crippen molar-refractivity contribution in [3.63, 3.8) is 0 Å². The summed E-state index contributed by atoms with van der Waals surface area (Å²) in [6, 6.07) is 19.0. The van der Waals surface area contributed by atoms with Crippen molar-refractivity contribution in [2.45, 2.75) is 46.7 Å². The molecule has 0 aliphatic carbocycles. The first kappa shape index (κ1) is 20.6. The van der Waals surface area contributed by atoms with Gasteiger partial charge in [-0.25, -0.2) is 0 Å². The molecule has 28 heavy (non-hydrogen) atoms. The van der Waals surface area contributed by atoms with E-state index < -0.39 is 0 Å². The highest BCUT2D eigenvalue weighted by molar-refractivity contribution is 6.31. The Morgan fingerprint density at radius 3 is 2.00 bits per heavy atom. The molecule has 0 N–H and O–H groups in total. The van der Waals surface area contributed by atoms with Crippen molar-refractivity contribution < 1.29 is 0 Å². The molecule has 0 saturated heterocycles. The summed E-state index contributed by atoms with van der Waals surface area (Å²) >= 11 is 6.31. The number of nitrogens with zero attached hydrogens (tertiary/aromatic N) is 2. The van der Waals surface area contributed by atoms with Crippen LogP contribution >= 0.6 is 11.6 Å². The summed E-state index contributed by atoms with van der Waals surface area (Å²) in [5, 5.41) is 0.822. The van der Waals surface area contributed by atoms with E-state index >= 15 is 0 Å². The van der Waals surface area contributed by atoms with Gasteiger partial charge in [0.1, 0.15) is 0 Å². The first-order valence-electron chi connectivity index (χ1n) is 10.0. The molecule has 3 aromatic rings. The second-order valence-corrected chi connectivity index (χ2v) is 7.77. The molecule has 0 aliphatic rings. The van der Waals surface area contributed by atoms with E-state index in [0.29, 0.717) is 0 Å². The van der Waals surface area contributed by atoms with Gasteiger partial charge in [0.2, 0.25) is 0 Å². The average Bonchev–Trinajstić information content (AvgIpc) is 2.70. The van der Waals surface area contributed by atoms with E-state index in [2.05, 4.69) is 69.1 Å². The van der Waals surface area contributed by atoms with Crippen LogP contribution in [0.3, 0.4) is 0 Å². The number of pyridine rings is 1. The standard InChI is InChI=1S/C25H29ClN2/c1-5-19-11-9-12-20(6-2)25(19)24-15-14-21(18(3)27-24)16-28(4)17-22-10-7-8-13-23(22)26/h7-15H,5-6,16-17H2,1-4H3. The Balaban J connectivity index is 1.83. The first-order chi connectivity index (χ1) is 13.5. The number of hydrogen-bond acceptors (Lipinski definition) is 2. The lowest BCUT2D eigenvalue weighted by Crippen LogP contribution is -2.18. The Kier molecular flexibility index (Phi) is 6.88. The molecule has 0 amide bonds. The molecule has 1 heterocycles. The molecule has 146 valence electrons. The van der Waals surface area contributed by atoms with E-state index in [0.717, 1.165) is 47.9 Å². The lowest BCUT2D eigenvalue weighted by molar-refractivity contribution is 0.318. The number of benzene rings is 2. The van der Waals surface area contributed by atoms with E-state index in [9.17, 15) is 0 Å². The van der Waals surface area contributed by atoms with Gasteiger partial charge in [-0.1, -0.05) is 67.9 Å². The number of rotatable bonds is 7. The van der Waals surface area contributed by atoms with Crippen LogP contribution < -0.4 is 0 Å². The predicted octanol–water partition coefficient (Wildman–Crippen LogP) is 6.47. The Labute approximate surface area is 174 Å². The van der Waals surface area contributed by atoms with Gasteiger partial charge in [0, 0.05) is 29.4 Å². The molecule has 3 rings (SSSR count). The fourth-order valence-electron chi connectivity index (χ4n) is 3.73. The fraction of sp³-hybridized carbons (Fsp3) is 0.320. The van der Waals surface area contributed by atoms with Crippen LogP contribution in [0.5, 0.6) is 0 Å². The zero-order chi connectivity index (χ0) is 20.1. The van der Waals surface area contributed by atoms with Crippen LogP contribution in [0, 0.1) is 6.92 Å². The van der Waals surface area contributed by atoms with E-state index in [1.165, 1.54) is 22.3 Å². The molecule has 2 aromatic carbocycles. The molecule has 0 atom stereocenters. The van der Waals surface area contributed by atoms with E-state index in [4.69, 9.17) is 16.6 Å². The van der Waals surface area contributed by atoms with Crippen LogP contribution in [0.2, 0.25) is 5.02 Å². The van der Waals surface area contributed by atoms with Gasteiger partial charge < -0.3 is 0 Å². The summed E-state index contributed by atoms with van der Waals surface area (Å²) in [6.45, 7) is 8.20. The van der Waals surface area contributed by atoms with Crippen molar-refractivity contribution in [3.05, 3.63) is 87.6 Å². The van der Waals surface area contributed by atoms with Crippen LogP contribution in [0.4, 0.5) is 0 Å². The quantitative estimate of drug-likeness (QED) is 0.458. The minimum absolute atomic E-state index is 0.819. The van der Waals surface area contributed by atoms with Gasteiger partial charge in [-0.2, -0.15) is 0 Å². The highest BCUT2D eigenvalue weighted by Crippen LogP contribution is 2.28. The molecule has 0 fully saturated rings. The first-order valence-corrected chi connectivity index (χ1v) is 10.4. The Hall–Kier alpha value is -2.16. The lowest BCUT2D eigenvalue weighted by Gasteiger charge is -2.19. The van der Waals surface area contributed by atoms with Crippen molar-refractivity contribution in [1.82, 2.24) is 9.88 Å². The smallest absolute Gasteiger partial charge is 0.0710 e. The van der Waals surface area contributed by atoms with Gasteiger partial charge in [0.15, 0.2) is 0 Å². The topological polar surface area (TPSA) is 16.1 Å².